The van der Waals surface area contributed by atoms with Gasteiger partial charge in [-0.05, 0) is 44.9 Å². The fraction of sp³-hybridized carbons (Fsp3) is 0.786. The molecule has 1 aliphatic rings. The molecule has 0 aliphatic heterocycles. The van der Waals surface area contributed by atoms with Gasteiger partial charge in [0.05, 0.1) is 16.8 Å². The van der Waals surface area contributed by atoms with Crippen molar-refractivity contribution >= 4 is 11.3 Å². The molecule has 1 aromatic rings. The number of aliphatic hydroxyl groups excluding tert-OH is 1. The van der Waals surface area contributed by atoms with Gasteiger partial charge in [-0.3, -0.25) is 0 Å². The van der Waals surface area contributed by atoms with Crippen LogP contribution in [0.5, 0.6) is 0 Å². The van der Waals surface area contributed by atoms with Crippen molar-refractivity contribution in [1.82, 2.24) is 4.98 Å². The molecule has 1 heterocycles. The Hall–Kier alpha value is -0.410. The second-order valence-corrected chi connectivity index (χ2v) is 6.66. The fourth-order valence-electron chi connectivity index (χ4n) is 2.79. The van der Waals surface area contributed by atoms with E-state index in [1.54, 1.807) is 11.3 Å². The molecule has 3 atom stereocenters. The number of aryl methyl sites for hydroxylation is 2. The Morgan fingerprint density at radius 1 is 1.35 bits per heavy atom. The summed E-state index contributed by atoms with van der Waals surface area (Å²) in [5.74, 6) is 1.24. The van der Waals surface area contributed by atoms with Gasteiger partial charge in [0, 0.05) is 11.3 Å². The topological polar surface area (TPSA) is 33.1 Å². The van der Waals surface area contributed by atoms with Crippen molar-refractivity contribution < 1.29 is 5.11 Å². The van der Waals surface area contributed by atoms with Crippen molar-refractivity contribution in [3.63, 3.8) is 0 Å². The molecule has 1 aromatic heterocycles. The lowest BCUT2D eigenvalue weighted by molar-refractivity contribution is 0.0474. The first-order valence-corrected chi connectivity index (χ1v) is 7.52. The number of aromatic nitrogens is 1. The van der Waals surface area contributed by atoms with Gasteiger partial charge in [-0.15, -0.1) is 11.3 Å². The quantitative estimate of drug-likeness (QED) is 0.894. The molecule has 0 spiro atoms. The molecule has 2 rings (SSSR count). The zero-order chi connectivity index (χ0) is 12.4. The largest absolute Gasteiger partial charge is 0.393 e. The van der Waals surface area contributed by atoms with Crippen LogP contribution in [-0.2, 0) is 6.42 Å². The SMILES string of the molecule is CCC1CCC(O)C(Cc2nc(C)c(C)s2)C1. The van der Waals surface area contributed by atoms with Crippen molar-refractivity contribution in [3.05, 3.63) is 15.6 Å². The molecule has 3 heteroatoms. The zero-order valence-electron chi connectivity index (χ0n) is 11.1. The van der Waals surface area contributed by atoms with Gasteiger partial charge in [0.1, 0.15) is 0 Å². The first-order valence-electron chi connectivity index (χ1n) is 6.71. The number of rotatable bonds is 3. The molecule has 2 nitrogen and oxygen atoms in total. The summed E-state index contributed by atoms with van der Waals surface area (Å²) in [7, 11) is 0. The predicted molar refractivity (Wildman–Crippen MR) is 72.4 cm³/mol. The minimum absolute atomic E-state index is 0.109. The van der Waals surface area contributed by atoms with E-state index in [1.807, 2.05) is 0 Å². The minimum Gasteiger partial charge on any atom is -0.393 e. The van der Waals surface area contributed by atoms with E-state index >= 15 is 0 Å². The van der Waals surface area contributed by atoms with Gasteiger partial charge in [0.25, 0.3) is 0 Å². The third-order valence-corrected chi connectivity index (χ3v) is 5.23. The van der Waals surface area contributed by atoms with Crippen LogP contribution in [0, 0.1) is 25.7 Å². The maximum absolute atomic E-state index is 10.1. The molecule has 96 valence electrons. The summed E-state index contributed by atoms with van der Waals surface area (Å²) in [6, 6.07) is 0. The van der Waals surface area contributed by atoms with E-state index in [0.717, 1.165) is 24.5 Å². The van der Waals surface area contributed by atoms with E-state index in [0.29, 0.717) is 5.92 Å². The highest BCUT2D eigenvalue weighted by Crippen LogP contribution is 2.34. The number of hydrogen-bond acceptors (Lipinski definition) is 3. The lowest BCUT2D eigenvalue weighted by Gasteiger charge is -2.32. The fourth-order valence-corrected chi connectivity index (χ4v) is 3.81. The molecule has 0 aromatic carbocycles. The second-order valence-electron chi connectivity index (χ2n) is 5.37. The van der Waals surface area contributed by atoms with E-state index in [1.165, 1.54) is 29.1 Å². The van der Waals surface area contributed by atoms with Gasteiger partial charge in [0.2, 0.25) is 0 Å². The van der Waals surface area contributed by atoms with Gasteiger partial charge < -0.3 is 5.11 Å². The van der Waals surface area contributed by atoms with Crippen LogP contribution in [0.4, 0.5) is 0 Å². The number of aliphatic hydroxyl groups is 1. The van der Waals surface area contributed by atoms with Crippen molar-refractivity contribution in [2.75, 3.05) is 0 Å². The van der Waals surface area contributed by atoms with Crippen molar-refractivity contribution in [1.29, 1.82) is 0 Å². The highest BCUT2D eigenvalue weighted by atomic mass is 32.1. The van der Waals surface area contributed by atoms with E-state index in [-0.39, 0.29) is 6.10 Å². The Balaban J connectivity index is 2.01. The number of thiazole rings is 1. The predicted octanol–water partition coefficient (Wildman–Crippen LogP) is 3.49. The van der Waals surface area contributed by atoms with Gasteiger partial charge >= 0.3 is 0 Å². The first kappa shape index (κ1) is 13.0. The first-order chi connectivity index (χ1) is 8.10. The summed E-state index contributed by atoms with van der Waals surface area (Å²) in [6.45, 7) is 6.46. The van der Waals surface area contributed by atoms with Crippen LogP contribution < -0.4 is 0 Å². The Morgan fingerprint density at radius 2 is 2.12 bits per heavy atom. The standard InChI is InChI=1S/C14H23NOS/c1-4-11-5-6-13(16)12(7-11)8-14-15-9(2)10(3)17-14/h11-13,16H,4-8H2,1-3H3. The molecule has 1 aliphatic carbocycles. The molecule has 0 radical (unpaired) electrons. The van der Waals surface area contributed by atoms with Crippen molar-refractivity contribution in [2.24, 2.45) is 11.8 Å². The normalized spacial score (nSPS) is 29.5. The summed E-state index contributed by atoms with van der Waals surface area (Å²) < 4.78 is 0. The molecule has 1 saturated carbocycles. The van der Waals surface area contributed by atoms with Gasteiger partial charge in [-0.25, -0.2) is 4.98 Å². The zero-order valence-corrected chi connectivity index (χ0v) is 11.9. The van der Waals surface area contributed by atoms with E-state index < -0.39 is 0 Å². The Bertz CT molecular complexity index is 355. The molecule has 3 unspecified atom stereocenters. The lowest BCUT2D eigenvalue weighted by Crippen LogP contribution is -2.30. The van der Waals surface area contributed by atoms with Crippen LogP contribution in [0.1, 0.15) is 48.2 Å². The molecule has 0 amide bonds. The molecule has 1 N–H and O–H groups in total. The maximum Gasteiger partial charge on any atom is 0.0934 e. The average molecular weight is 253 g/mol. The number of hydrogen-bond donors (Lipinski definition) is 1. The summed E-state index contributed by atoms with van der Waals surface area (Å²) in [5, 5.41) is 11.3. The summed E-state index contributed by atoms with van der Waals surface area (Å²) in [4.78, 5) is 5.91. The highest BCUT2D eigenvalue weighted by molar-refractivity contribution is 7.11. The molecule has 17 heavy (non-hydrogen) atoms. The average Bonchev–Trinajstić information content (AvgIpc) is 2.61. The highest BCUT2D eigenvalue weighted by Gasteiger charge is 2.29. The van der Waals surface area contributed by atoms with Crippen molar-refractivity contribution in [3.8, 4) is 0 Å². The summed E-state index contributed by atoms with van der Waals surface area (Å²) >= 11 is 1.80. The third-order valence-electron chi connectivity index (χ3n) is 4.14. The lowest BCUT2D eigenvalue weighted by atomic mass is 9.77. The van der Waals surface area contributed by atoms with Crippen molar-refractivity contribution in [2.45, 2.75) is 59.0 Å². The Morgan fingerprint density at radius 3 is 2.71 bits per heavy atom. The van der Waals surface area contributed by atoms with Crippen LogP contribution in [-0.4, -0.2) is 16.2 Å². The molecule has 0 saturated heterocycles. The van der Waals surface area contributed by atoms with E-state index in [4.69, 9.17) is 0 Å². The van der Waals surface area contributed by atoms with E-state index in [2.05, 4.69) is 25.8 Å². The van der Waals surface area contributed by atoms with Gasteiger partial charge in [-0.1, -0.05) is 13.3 Å². The molecular weight excluding hydrogens is 230 g/mol. The summed E-state index contributed by atoms with van der Waals surface area (Å²) in [6.07, 6.45) is 5.46. The molecular formula is C14H23NOS. The second kappa shape index (κ2) is 5.49. The van der Waals surface area contributed by atoms with Crippen LogP contribution in [0.3, 0.4) is 0 Å². The maximum atomic E-state index is 10.1. The molecule has 1 fully saturated rings. The van der Waals surface area contributed by atoms with Crippen LogP contribution in [0.25, 0.3) is 0 Å². The van der Waals surface area contributed by atoms with Crippen LogP contribution in [0.15, 0.2) is 0 Å². The molecule has 0 bridgehead atoms. The number of nitrogens with zero attached hydrogens (tertiary/aromatic N) is 1. The monoisotopic (exact) mass is 253 g/mol. The Labute approximate surface area is 108 Å². The van der Waals surface area contributed by atoms with Crippen LogP contribution >= 0.6 is 11.3 Å². The van der Waals surface area contributed by atoms with Gasteiger partial charge in [-0.2, -0.15) is 0 Å². The van der Waals surface area contributed by atoms with Gasteiger partial charge in [0.15, 0.2) is 0 Å². The van der Waals surface area contributed by atoms with Crippen LogP contribution in [0.2, 0.25) is 0 Å². The third kappa shape index (κ3) is 3.08. The van der Waals surface area contributed by atoms with E-state index in [9.17, 15) is 5.11 Å². The summed E-state index contributed by atoms with van der Waals surface area (Å²) in [5.41, 5.74) is 1.15. The Kier molecular flexibility index (Phi) is 4.21. The smallest absolute Gasteiger partial charge is 0.0934 e. The minimum atomic E-state index is -0.109.